The van der Waals surface area contributed by atoms with Gasteiger partial charge in [0.2, 0.25) is 0 Å². The second kappa shape index (κ2) is 5.27. The van der Waals surface area contributed by atoms with Crippen LogP contribution in [0.15, 0.2) is 36.5 Å². The van der Waals surface area contributed by atoms with Crippen molar-refractivity contribution in [3.8, 4) is 11.8 Å². The summed E-state index contributed by atoms with van der Waals surface area (Å²) in [5, 5.41) is 8.83. The highest BCUT2D eigenvalue weighted by Gasteiger charge is 2.09. The number of aromatic nitrogens is 2. The van der Waals surface area contributed by atoms with Crippen molar-refractivity contribution >= 4 is 5.97 Å². The molecular formula is C13H12N2O3. The molecule has 0 radical (unpaired) electrons. The molecular weight excluding hydrogens is 232 g/mol. The summed E-state index contributed by atoms with van der Waals surface area (Å²) in [4.78, 5) is 18.5. The zero-order chi connectivity index (χ0) is 13.0. The van der Waals surface area contributed by atoms with Crippen LogP contribution in [0.5, 0.6) is 11.8 Å². The molecule has 0 unspecified atom stereocenters. The summed E-state index contributed by atoms with van der Waals surface area (Å²) in [6.07, 6.45) is 2.18. The van der Waals surface area contributed by atoms with Crippen LogP contribution in [0.3, 0.4) is 0 Å². The van der Waals surface area contributed by atoms with Crippen LogP contribution in [0.25, 0.3) is 0 Å². The van der Waals surface area contributed by atoms with Crippen molar-refractivity contribution in [2.24, 2.45) is 0 Å². The van der Waals surface area contributed by atoms with Gasteiger partial charge in [-0.25, -0.2) is 9.78 Å². The third-order valence-corrected chi connectivity index (χ3v) is 2.41. The molecule has 1 aromatic heterocycles. The van der Waals surface area contributed by atoms with E-state index in [2.05, 4.69) is 9.97 Å². The quantitative estimate of drug-likeness (QED) is 0.894. The molecule has 0 aliphatic heterocycles. The average molecular weight is 244 g/mol. The lowest BCUT2D eigenvalue weighted by Gasteiger charge is -2.07. The minimum Gasteiger partial charge on any atom is -0.477 e. The first-order valence-electron chi connectivity index (χ1n) is 5.53. The van der Waals surface area contributed by atoms with Crippen LogP contribution < -0.4 is 4.74 Å². The van der Waals surface area contributed by atoms with Crippen molar-refractivity contribution in [3.63, 3.8) is 0 Å². The number of nitrogens with zero attached hydrogens (tertiary/aromatic N) is 2. The van der Waals surface area contributed by atoms with Gasteiger partial charge >= 0.3 is 12.0 Å². The average Bonchev–Trinajstić information content (AvgIpc) is 2.39. The molecule has 1 N–H and O–H groups in total. The summed E-state index contributed by atoms with van der Waals surface area (Å²) in [7, 11) is 0. The Morgan fingerprint density at radius 1 is 1.33 bits per heavy atom. The van der Waals surface area contributed by atoms with E-state index in [4.69, 9.17) is 9.84 Å². The number of hydrogen-bond donors (Lipinski definition) is 1. The molecule has 2 rings (SSSR count). The van der Waals surface area contributed by atoms with Crippen LogP contribution in [0, 0.1) is 0 Å². The van der Waals surface area contributed by atoms with E-state index in [0.29, 0.717) is 5.75 Å². The number of ether oxygens (including phenoxy) is 1. The van der Waals surface area contributed by atoms with Gasteiger partial charge in [-0.2, -0.15) is 4.98 Å². The predicted octanol–water partition coefficient (Wildman–Crippen LogP) is 2.53. The molecule has 2 aromatic rings. The smallest absolute Gasteiger partial charge is 0.354 e. The summed E-state index contributed by atoms with van der Waals surface area (Å²) in [6, 6.07) is 8.86. The van der Waals surface area contributed by atoms with E-state index in [0.717, 1.165) is 12.0 Å². The number of benzene rings is 1. The van der Waals surface area contributed by atoms with E-state index in [-0.39, 0.29) is 11.7 Å². The molecule has 1 heterocycles. The van der Waals surface area contributed by atoms with Crippen molar-refractivity contribution in [1.82, 2.24) is 9.97 Å². The Labute approximate surface area is 104 Å². The third-order valence-electron chi connectivity index (χ3n) is 2.41. The Hall–Kier alpha value is -2.43. The van der Waals surface area contributed by atoms with Gasteiger partial charge in [0.1, 0.15) is 5.75 Å². The molecule has 5 heteroatoms. The number of aryl methyl sites for hydroxylation is 1. The Balaban J connectivity index is 2.28. The maximum Gasteiger partial charge on any atom is 0.354 e. The molecule has 18 heavy (non-hydrogen) atoms. The Kier molecular flexibility index (Phi) is 3.52. The lowest BCUT2D eigenvalue weighted by atomic mass is 10.1. The fourth-order valence-electron chi connectivity index (χ4n) is 1.50. The van der Waals surface area contributed by atoms with Gasteiger partial charge in [-0.05, 0) is 24.1 Å². The van der Waals surface area contributed by atoms with Crippen LogP contribution in [-0.2, 0) is 6.42 Å². The molecule has 1 aromatic carbocycles. The van der Waals surface area contributed by atoms with E-state index in [1.165, 1.54) is 12.3 Å². The van der Waals surface area contributed by atoms with Crippen molar-refractivity contribution in [2.75, 3.05) is 0 Å². The Bertz CT molecular complexity index is 570. The lowest BCUT2D eigenvalue weighted by Crippen LogP contribution is -2.03. The highest BCUT2D eigenvalue weighted by Crippen LogP contribution is 2.22. The molecule has 5 nitrogen and oxygen atoms in total. The van der Waals surface area contributed by atoms with Crippen molar-refractivity contribution in [2.45, 2.75) is 13.3 Å². The number of carboxylic acids is 1. The zero-order valence-electron chi connectivity index (χ0n) is 9.83. The zero-order valence-corrected chi connectivity index (χ0v) is 9.83. The summed E-state index contributed by atoms with van der Waals surface area (Å²) in [5.41, 5.74) is 0.927. The van der Waals surface area contributed by atoms with Gasteiger partial charge in [-0.3, -0.25) is 0 Å². The van der Waals surface area contributed by atoms with Crippen LogP contribution in [0.1, 0.15) is 23.0 Å². The molecule has 0 amide bonds. The number of para-hydroxylation sites is 1. The minimum absolute atomic E-state index is 0.0378. The van der Waals surface area contributed by atoms with Gasteiger partial charge in [-0.1, -0.05) is 25.1 Å². The standard InChI is InChI=1S/C13H12N2O3/c1-2-9-5-3-4-6-11(9)18-13-14-8-7-10(15-13)12(16)17/h3-8H,2H2,1H3,(H,16,17). The summed E-state index contributed by atoms with van der Waals surface area (Å²) in [5.74, 6) is -0.464. The lowest BCUT2D eigenvalue weighted by molar-refractivity contribution is 0.0689. The SMILES string of the molecule is CCc1ccccc1Oc1nccc(C(=O)O)n1. The normalized spacial score (nSPS) is 10.1. The maximum absolute atomic E-state index is 10.8. The Morgan fingerprint density at radius 3 is 2.83 bits per heavy atom. The van der Waals surface area contributed by atoms with Crippen LogP contribution in [0.2, 0.25) is 0 Å². The monoisotopic (exact) mass is 244 g/mol. The van der Waals surface area contributed by atoms with Gasteiger partial charge in [0, 0.05) is 6.20 Å². The van der Waals surface area contributed by atoms with Crippen LogP contribution in [0.4, 0.5) is 0 Å². The molecule has 0 aliphatic carbocycles. The van der Waals surface area contributed by atoms with Crippen molar-refractivity contribution in [3.05, 3.63) is 47.8 Å². The van der Waals surface area contributed by atoms with E-state index >= 15 is 0 Å². The fourth-order valence-corrected chi connectivity index (χ4v) is 1.50. The van der Waals surface area contributed by atoms with Crippen molar-refractivity contribution in [1.29, 1.82) is 0 Å². The second-order valence-electron chi connectivity index (χ2n) is 3.59. The largest absolute Gasteiger partial charge is 0.477 e. The number of rotatable bonds is 4. The summed E-state index contributed by atoms with van der Waals surface area (Å²) >= 11 is 0. The van der Waals surface area contributed by atoms with Crippen LogP contribution >= 0.6 is 0 Å². The molecule has 0 spiro atoms. The van der Waals surface area contributed by atoms with Gasteiger partial charge in [-0.15, -0.1) is 0 Å². The molecule has 0 saturated heterocycles. The first-order valence-corrected chi connectivity index (χ1v) is 5.53. The van der Waals surface area contributed by atoms with E-state index < -0.39 is 5.97 Å². The topological polar surface area (TPSA) is 72.3 Å². The minimum atomic E-state index is -1.11. The number of aromatic carboxylic acids is 1. The maximum atomic E-state index is 10.8. The van der Waals surface area contributed by atoms with Gasteiger partial charge in [0.15, 0.2) is 5.69 Å². The van der Waals surface area contributed by atoms with Crippen molar-refractivity contribution < 1.29 is 14.6 Å². The predicted molar refractivity (Wildman–Crippen MR) is 64.9 cm³/mol. The molecule has 92 valence electrons. The van der Waals surface area contributed by atoms with E-state index in [1.807, 2.05) is 25.1 Å². The van der Waals surface area contributed by atoms with Gasteiger partial charge < -0.3 is 9.84 Å². The highest BCUT2D eigenvalue weighted by molar-refractivity contribution is 5.85. The fraction of sp³-hybridized carbons (Fsp3) is 0.154. The third kappa shape index (κ3) is 2.63. The molecule has 0 bridgehead atoms. The summed E-state index contributed by atoms with van der Waals surface area (Å²) < 4.78 is 5.51. The number of carboxylic acid groups (broad SMARTS) is 1. The number of carbonyl (C=O) groups is 1. The molecule has 0 atom stereocenters. The number of hydrogen-bond acceptors (Lipinski definition) is 4. The molecule has 0 fully saturated rings. The molecule has 0 saturated carbocycles. The van der Waals surface area contributed by atoms with E-state index in [1.54, 1.807) is 6.07 Å². The van der Waals surface area contributed by atoms with E-state index in [9.17, 15) is 4.79 Å². The van der Waals surface area contributed by atoms with Crippen LogP contribution in [-0.4, -0.2) is 21.0 Å². The van der Waals surface area contributed by atoms with Gasteiger partial charge in [0.25, 0.3) is 0 Å². The molecule has 0 aliphatic rings. The summed E-state index contributed by atoms with van der Waals surface area (Å²) in [6.45, 7) is 2.01. The Morgan fingerprint density at radius 2 is 2.11 bits per heavy atom. The first-order chi connectivity index (χ1) is 8.70. The second-order valence-corrected chi connectivity index (χ2v) is 3.59. The highest BCUT2D eigenvalue weighted by atomic mass is 16.5. The first kappa shape index (κ1) is 12.0. The van der Waals surface area contributed by atoms with Gasteiger partial charge in [0.05, 0.1) is 0 Å².